The smallest absolute Gasteiger partial charge is 0.259 e. The van der Waals surface area contributed by atoms with Gasteiger partial charge >= 0.3 is 0 Å². The summed E-state index contributed by atoms with van der Waals surface area (Å²) in [5.41, 5.74) is 0.790. The second-order valence-electron chi connectivity index (χ2n) is 8.56. The minimum absolute atomic E-state index is 0.111. The van der Waals surface area contributed by atoms with Crippen LogP contribution in [-0.4, -0.2) is 44.2 Å². The molecule has 0 radical (unpaired) electrons. The topological polar surface area (TPSA) is 72.2 Å². The van der Waals surface area contributed by atoms with E-state index in [9.17, 15) is 22.8 Å². The van der Waals surface area contributed by atoms with Gasteiger partial charge in [0.2, 0.25) is 5.91 Å². The summed E-state index contributed by atoms with van der Waals surface area (Å²) in [6, 6.07) is 12.3. The standard InChI is InChI=1S/C26H22F3N5O2/c27-18-5-8-20(9-6-18)34-25(32-11-1-2-12-32)21(15-30-34)26(36)33-13-3-4-17(16-33)24(35)31-23-10-7-19(28)14-22(23)29/h1-2,5-12,14-15,17H,3-4,13,16H2,(H,31,35)/t17-/m1/s1. The van der Waals surface area contributed by atoms with Gasteiger partial charge in [0.05, 0.1) is 23.5 Å². The molecular weight excluding hydrogens is 471 g/mol. The maximum absolute atomic E-state index is 14.0. The Morgan fingerprint density at radius 1 is 0.972 bits per heavy atom. The van der Waals surface area contributed by atoms with E-state index in [1.807, 2.05) is 12.1 Å². The van der Waals surface area contributed by atoms with Gasteiger partial charge in [-0.2, -0.15) is 5.10 Å². The summed E-state index contributed by atoms with van der Waals surface area (Å²) in [6.45, 7) is 0.584. The summed E-state index contributed by atoms with van der Waals surface area (Å²) in [5, 5.41) is 6.89. The number of aromatic nitrogens is 3. The number of benzene rings is 2. The molecule has 0 spiro atoms. The molecule has 0 bridgehead atoms. The van der Waals surface area contributed by atoms with E-state index in [1.165, 1.54) is 24.4 Å². The summed E-state index contributed by atoms with van der Waals surface area (Å²) in [6.07, 6.45) is 6.12. The monoisotopic (exact) mass is 493 g/mol. The molecule has 0 saturated carbocycles. The van der Waals surface area contributed by atoms with Crippen LogP contribution in [0.4, 0.5) is 18.9 Å². The zero-order valence-electron chi connectivity index (χ0n) is 19.1. The van der Waals surface area contributed by atoms with Gasteiger partial charge in [-0.1, -0.05) is 0 Å². The van der Waals surface area contributed by atoms with E-state index >= 15 is 0 Å². The molecule has 7 nitrogen and oxygen atoms in total. The van der Waals surface area contributed by atoms with Crippen molar-refractivity contribution in [3.8, 4) is 11.5 Å². The molecule has 184 valence electrons. The number of nitrogens with zero attached hydrogens (tertiary/aromatic N) is 4. The van der Waals surface area contributed by atoms with E-state index in [2.05, 4.69) is 10.4 Å². The lowest BCUT2D eigenvalue weighted by Gasteiger charge is -2.32. The van der Waals surface area contributed by atoms with Crippen LogP contribution in [0.3, 0.4) is 0 Å². The molecule has 5 rings (SSSR count). The van der Waals surface area contributed by atoms with Gasteiger partial charge in [-0.05, 0) is 61.4 Å². The summed E-state index contributed by atoms with van der Waals surface area (Å²) < 4.78 is 43.9. The second-order valence-corrected chi connectivity index (χ2v) is 8.56. The van der Waals surface area contributed by atoms with Crippen molar-refractivity contribution in [2.24, 2.45) is 5.92 Å². The number of piperidine rings is 1. The molecule has 1 aliphatic rings. The molecule has 1 atom stereocenters. The first-order valence-corrected chi connectivity index (χ1v) is 11.4. The zero-order valence-corrected chi connectivity index (χ0v) is 19.1. The highest BCUT2D eigenvalue weighted by Gasteiger charge is 2.32. The third kappa shape index (κ3) is 4.61. The van der Waals surface area contributed by atoms with E-state index < -0.39 is 23.5 Å². The zero-order chi connectivity index (χ0) is 25.2. The number of nitrogens with one attached hydrogen (secondary N) is 1. The number of carbonyl (C=O) groups excluding carboxylic acids is 2. The highest BCUT2D eigenvalue weighted by molar-refractivity contribution is 5.98. The first kappa shape index (κ1) is 23.4. The molecule has 2 amide bonds. The van der Waals surface area contributed by atoms with Crippen LogP contribution in [-0.2, 0) is 4.79 Å². The van der Waals surface area contributed by atoms with Gasteiger partial charge in [0, 0.05) is 31.5 Å². The van der Waals surface area contributed by atoms with E-state index in [0.717, 1.165) is 6.07 Å². The Balaban J connectivity index is 1.39. The minimum atomic E-state index is -0.864. The maximum atomic E-state index is 14.0. The largest absolute Gasteiger partial charge is 0.338 e. The number of halogens is 3. The molecule has 0 unspecified atom stereocenters. The summed E-state index contributed by atoms with van der Waals surface area (Å²) >= 11 is 0. The minimum Gasteiger partial charge on any atom is -0.338 e. The van der Waals surface area contributed by atoms with Crippen molar-refractivity contribution in [3.63, 3.8) is 0 Å². The fourth-order valence-electron chi connectivity index (χ4n) is 4.36. The van der Waals surface area contributed by atoms with E-state index in [4.69, 9.17) is 0 Å². The average molecular weight is 493 g/mol. The van der Waals surface area contributed by atoms with Crippen molar-refractivity contribution >= 4 is 17.5 Å². The van der Waals surface area contributed by atoms with Gasteiger partial charge in [-0.3, -0.25) is 9.59 Å². The molecule has 1 N–H and O–H groups in total. The Morgan fingerprint density at radius 2 is 1.69 bits per heavy atom. The number of likely N-dealkylation sites (tertiary alicyclic amines) is 1. The van der Waals surface area contributed by atoms with Crippen molar-refractivity contribution in [1.29, 1.82) is 0 Å². The lowest BCUT2D eigenvalue weighted by Crippen LogP contribution is -2.44. The quantitative estimate of drug-likeness (QED) is 0.443. The molecule has 2 aromatic heterocycles. The Kier molecular flexibility index (Phi) is 6.32. The molecule has 1 aliphatic heterocycles. The lowest BCUT2D eigenvalue weighted by molar-refractivity contribution is -0.121. The van der Waals surface area contributed by atoms with Crippen LogP contribution in [0.25, 0.3) is 11.5 Å². The van der Waals surface area contributed by atoms with Crippen LogP contribution < -0.4 is 5.32 Å². The summed E-state index contributed by atoms with van der Waals surface area (Å²) in [5.74, 6) is -2.81. The molecule has 10 heteroatoms. The molecule has 0 aliphatic carbocycles. The first-order valence-electron chi connectivity index (χ1n) is 11.4. The number of carbonyl (C=O) groups is 2. The lowest BCUT2D eigenvalue weighted by atomic mass is 9.96. The summed E-state index contributed by atoms with van der Waals surface area (Å²) in [7, 11) is 0. The molecule has 36 heavy (non-hydrogen) atoms. The van der Waals surface area contributed by atoms with Crippen molar-refractivity contribution in [2.75, 3.05) is 18.4 Å². The molecule has 1 fully saturated rings. The highest BCUT2D eigenvalue weighted by Crippen LogP contribution is 2.25. The van der Waals surface area contributed by atoms with Gasteiger partial charge in [-0.25, -0.2) is 17.9 Å². The Morgan fingerprint density at radius 3 is 2.42 bits per heavy atom. The van der Waals surface area contributed by atoms with Gasteiger partial charge in [-0.15, -0.1) is 0 Å². The Bertz CT molecular complexity index is 1400. The first-order chi connectivity index (χ1) is 17.4. The van der Waals surface area contributed by atoms with E-state index in [1.54, 1.807) is 38.7 Å². The van der Waals surface area contributed by atoms with Gasteiger partial charge < -0.3 is 14.8 Å². The van der Waals surface area contributed by atoms with Crippen LogP contribution in [0.1, 0.15) is 23.2 Å². The average Bonchev–Trinajstić information content (AvgIpc) is 3.56. The van der Waals surface area contributed by atoms with Crippen LogP contribution in [0.15, 0.2) is 73.2 Å². The molecule has 4 aromatic rings. The fourth-order valence-corrected chi connectivity index (χ4v) is 4.36. The van der Waals surface area contributed by atoms with Crippen molar-refractivity contribution < 1.29 is 22.8 Å². The predicted molar refractivity (Wildman–Crippen MR) is 126 cm³/mol. The predicted octanol–water partition coefficient (Wildman–Crippen LogP) is 4.57. The van der Waals surface area contributed by atoms with Crippen LogP contribution >= 0.6 is 0 Å². The second kappa shape index (κ2) is 9.73. The normalized spacial score (nSPS) is 15.6. The number of rotatable bonds is 5. The highest BCUT2D eigenvalue weighted by atomic mass is 19.1. The molecule has 3 heterocycles. The Hall–Kier alpha value is -4.34. The van der Waals surface area contributed by atoms with Crippen molar-refractivity contribution in [2.45, 2.75) is 12.8 Å². The van der Waals surface area contributed by atoms with Crippen LogP contribution in [0.2, 0.25) is 0 Å². The third-order valence-corrected chi connectivity index (χ3v) is 6.16. The van der Waals surface area contributed by atoms with E-state index in [0.29, 0.717) is 42.5 Å². The van der Waals surface area contributed by atoms with Crippen molar-refractivity contribution in [1.82, 2.24) is 19.2 Å². The maximum Gasteiger partial charge on any atom is 0.259 e. The number of anilines is 1. The fraction of sp³-hybridized carbons (Fsp3) is 0.192. The summed E-state index contributed by atoms with van der Waals surface area (Å²) in [4.78, 5) is 28.0. The van der Waals surface area contributed by atoms with Crippen LogP contribution in [0.5, 0.6) is 0 Å². The van der Waals surface area contributed by atoms with Crippen LogP contribution in [0, 0.1) is 23.4 Å². The van der Waals surface area contributed by atoms with E-state index in [-0.39, 0.29) is 24.0 Å². The molecule has 2 aromatic carbocycles. The van der Waals surface area contributed by atoms with Gasteiger partial charge in [0.1, 0.15) is 23.0 Å². The SMILES string of the molecule is O=C(Nc1ccc(F)cc1F)[C@@H]1CCCN(C(=O)c2cnn(-c3ccc(F)cc3)c2-n2cccc2)C1. The van der Waals surface area contributed by atoms with Gasteiger partial charge in [0.15, 0.2) is 5.82 Å². The van der Waals surface area contributed by atoms with Crippen molar-refractivity contribution in [3.05, 3.63) is 96.2 Å². The Labute approximate surface area is 204 Å². The van der Waals surface area contributed by atoms with Gasteiger partial charge in [0.25, 0.3) is 5.91 Å². The number of hydrogen-bond donors (Lipinski definition) is 1. The number of hydrogen-bond acceptors (Lipinski definition) is 3. The number of amides is 2. The molecular formula is C26H22F3N5O2. The third-order valence-electron chi connectivity index (χ3n) is 6.16. The molecule has 1 saturated heterocycles.